The molecule has 0 aliphatic carbocycles. The van der Waals surface area contributed by atoms with E-state index in [1.807, 2.05) is 0 Å². The van der Waals surface area contributed by atoms with Crippen molar-refractivity contribution in [2.75, 3.05) is 7.11 Å². The second kappa shape index (κ2) is 8.37. The van der Waals surface area contributed by atoms with E-state index < -0.39 is 64.1 Å². The molecular weight excluding hydrogens is 478 g/mol. The molecule has 0 saturated carbocycles. The first-order valence-corrected chi connectivity index (χ1v) is 12.3. The van der Waals surface area contributed by atoms with Crippen molar-refractivity contribution in [3.8, 4) is 33.8 Å². The molecule has 0 heterocycles. The van der Waals surface area contributed by atoms with Gasteiger partial charge < -0.3 is 9.84 Å². The fraction of sp³-hybridized carbons (Fsp3) is 0.143. The van der Waals surface area contributed by atoms with Crippen molar-refractivity contribution in [3.05, 3.63) is 59.2 Å². The van der Waals surface area contributed by atoms with Crippen molar-refractivity contribution < 1.29 is 35.5 Å². The Bertz CT molecular complexity index is 1500. The lowest BCUT2D eigenvalue weighted by Crippen LogP contribution is -2.21. The summed E-state index contributed by atoms with van der Waals surface area (Å²) in [7, 11) is -8.57. The van der Waals surface area contributed by atoms with Crippen LogP contribution in [0, 0.1) is 25.5 Å². The van der Waals surface area contributed by atoms with Crippen LogP contribution in [0.2, 0.25) is 0 Å². The summed E-state index contributed by atoms with van der Waals surface area (Å²) in [6, 6.07) is 7.24. The number of ether oxygens (including phenoxy) is 1. The van der Waals surface area contributed by atoms with Gasteiger partial charge in [-0.2, -0.15) is 0 Å². The molecule has 0 bridgehead atoms. The van der Waals surface area contributed by atoms with E-state index in [2.05, 4.69) is 0 Å². The Morgan fingerprint density at radius 1 is 0.788 bits per heavy atom. The van der Waals surface area contributed by atoms with Crippen LogP contribution in [0.15, 0.2) is 46.2 Å². The maximum Gasteiger partial charge on any atom is 0.242 e. The third kappa shape index (κ3) is 4.17. The molecule has 3 aromatic rings. The van der Waals surface area contributed by atoms with Gasteiger partial charge in [-0.3, -0.25) is 0 Å². The van der Waals surface area contributed by atoms with Gasteiger partial charge in [-0.05, 0) is 48.2 Å². The number of benzene rings is 3. The number of rotatable bonds is 5. The molecular formula is C21H20F2N2O6S2. The highest BCUT2D eigenvalue weighted by atomic mass is 32.2. The second-order valence-electron chi connectivity index (χ2n) is 7.20. The lowest BCUT2D eigenvalue weighted by atomic mass is 9.93. The fourth-order valence-electron chi connectivity index (χ4n) is 3.66. The highest BCUT2D eigenvalue weighted by Crippen LogP contribution is 2.52. The fourth-order valence-corrected chi connectivity index (χ4v) is 5.54. The largest absolute Gasteiger partial charge is 0.506 e. The van der Waals surface area contributed by atoms with Gasteiger partial charge in [0, 0.05) is 5.56 Å². The summed E-state index contributed by atoms with van der Waals surface area (Å²) in [4.78, 5) is -1.89. The number of hydrogen-bond donors (Lipinski definition) is 3. The summed E-state index contributed by atoms with van der Waals surface area (Å²) >= 11 is 0. The van der Waals surface area contributed by atoms with E-state index in [9.17, 15) is 30.7 Å². The SMILES string of the molecule is COc1c(-c2cccc(F)c2C)c(O)c(S(N)(=O)=O)c(-c2cccc(F)c2C)c1S(N)(=O)=O. The molecule has 0 amide bonds. The van der Waals surface area contributed by atoms with Crippen molar-refractivity contribution in [1.82, 2.24) is 0 Å². The van der Waals surface area contributed by atoms with Crippen LogP contribution in [0.25, 0.3) is 22.3 Å². The third-order valence-electron chi connectivity index (χ3n) is 5.19. The highest BCUT2D eigenvalue weighted by Gasteiger charge is 2.37. The van der Waals surface area contributed by atoms with E-state index in [-0.39, 0.29) is 22.3 Å². The van der Waals surface area contributed by atoms with Gasteiger partial charge >= 0.3 is 0 Å². The van der Waals surface area contributed by atoms with Crippen LogP contribution in [0.5, 0.6) is 11.5 Å². The Morgan fingerprint density at radius 2 is 1.21 bits per heavy atom. The number of primary sulfonamides is 2. The average Bonchev–Trinajstić information content (AvgIpc) is 2.69. The number of phenolic OH excluding ortho intramolecular Hbond substituents is 1. The van der Waals surface area contributed by atoms with Gasteiger partial charge in [-0.25, -0.2) is 35.9 Å². The lowest BCUT2D eigenvalue weighted by molar-refractivity contribution is 0.396. The highest BCUT2D eigenvalue weighted by molar-refractivity contribution is 7.90. The van der Waals surface area contributed by atoms with E-state index in [4.69, 9.17) is 15.0 Å². The molecule has 0 unspecified atom stereocenters. The summed E-state index contributed by atoms with van der Waals surface area (Å²) in [5, 5.41) is 21.9. The van der Waals surface area contributed by atoms with Crippen LogP contribution < -0.4 is 15.0 Å². The predicted molar refractivity (Wildman–Crippen MR) is 118 cm³/mol. The molecule has 33 heavy (non-hydrogen) atoms. The molecule has 5 N–H and O–H groups in total. The predicted octanol–water partition coefficient (Wildman–Crippen LogP) is 2.92. The first-order chi connectivity index (χ1) is 15.2. The molecule has 0 radical (unpaired) electrons. The smallest absolute Gasteiger partial charge is 0.242 e. The number of nitrogens with two attached hydrogens (primary N) is 2. The normalized spacial score (nSPS) is 12.1. The third-order valence-corrected chi connectivity index (χ3v) is 7.11. The molecule has 8 nitrogen and oxygen atoms in total. The Balaban J connectivity index is 2.77. The van der Waals surface area contributed by atoms with Crippen molar-refractivity contribution in [2.24, 2.45) is 10.3 Å². The van der Waals surface area contributed by atoms with E-state index in [0.717, 1.165) is 19.2 Å². The summed E-state index contributed by atoms with van der Waals surface area (Å²) in [5.74, 6) is -3.06. The number of sulfonamides is 2. The molecule has 176 valence electrons. The van der Waals surface area contributed by atoms with E-state index in [0.29, 0.717) is 0 Å². The number of methoxy groups -OCH3 is 1. The number of halogens is 2. The number of phenols is 1. The molecule has 0 atom stereocenters. The first kappa shape index (κ1) is 24.6. The zero-order valence-corrected chi connectivity index (χ0v) is 19.3. The topological polar surface area (TPSA) is 150 Å². The molecule has 0 fully saturated rings. The Kier molecular flexibility index (Phi) is 6.24. The van der Waals surface area contributed by atoms with E-state index in [1.54, 1.807) is 0 Å². The van der Waals surface area contributed by atoms with Gasteiger partial charge in [0.2, 0.25) is 20.0 Å². The Hall–Kier alpha value is -3.06. The van der Waals surface area contributed by atoms with Crippen molar-refractivity contribution in [2.45, 2.75) is 23.6 Å². The van der Waals surface area contributed by atoms with Gasteiger partial charge in [0.15, 0.2) is 5.75 Å². The second-order valence-corrected chi connectivity index (χ2v) is 10.2. The zero-order valence-electron chi connectivity index (χ0n) is 17.7. The minimum Gasteiger partial charge on any atom is -0.506 e. The zero-order chi connectivity index (χ0) is 24.9. The molecule has 0 aliphatic rings. The lowest BCUT2D eigenvalue weighted by Gasteiger charge is -2.23. The molecule has 12 heteroatoms. The van der Waals surface area contributed by atoms with Crippen LogP contribution in [0.1, 0.15) is 11.1 Å². The molecule has 0 spiro atoms. The molecule has 0 aromatic heterocycles. The number of aromatic hydroxyl groups is 1. The summed E-state index contributed by atoms with van der Waals surface area (Å²) < 4.78 is 84.7. The van der Waals surface area contributed by atoms with Crippen LogP contribution in [0.3, 0.4) is 0 Å². The first-order valence-electron chi connectivity index (χ1n) is 9.25. The van der Waals surface area contributed by atoms with E-state index >= 15 is 0 Å². The molecule has 3 aromatic carbocycles. The van der Waals surface area contributed by atoms with Crippen molar-refractivity contribution in [3.63, 3.8) is 0 Å². The molecule has 0 aliphatic heterocycles. The van der Waals surface area contributed by atoms with Crippen LogP contribution in [-0.2, 0) is 20.0 Å². The van der Waals surface area contributed by atoms with Crippen LogP contribution in [0.4, 0.5) is 8.78 Å². The monoisotopic (exact) mass is 498 g/mol. The maximum atomic E-state index is 14.3. The average molecular weight is 499 g/mol. The Labute approximate surface area is 189 Å². The Morgan fingerprint density at radius 3 is 1.61 bits per heavy atom. The van der Waals surface area contributed by atoms with Crippen LogP contribution in [-0.4, -0.2) is 29.1 Å². The quantitative estimate of drug-likeness (QED) is 0.492. The van der Waals surface area contributed by atoms with Crippen molar-refractivity contribution in [1.29, 1.82) is 0 Å². The van der Waals surface area contributed by atoms with Crippen LogP contribution >= 0.6 is 0 Å². The summed E-state index contributed by atoms with van der Waals surface area (Å²) in [6.45, 7) is 2.61. The van der Waals surface area contributed by atoms with Gasteiger partial charge in [0.05, 0.1) is 12.7 Å². The summed E-state index contributed by atoms with van der Waals surface area (Å²) in [6.07, 6.45) is 0. The molecule has 0 saturated heterocycles. The van der Waals surface area contributed by atoms with Gasteiger partial charge in [0.1, 0.15) is 27.2 Å². The minimum absolute atomic E-state index is 0.0403. The maximum absolute atomic E-state index is 14.3. The van der Waals surface area contributed by atoms with Gasteiger partial charge in [0.25, 0.3) is 0 Å². The molecule has 3 rings (SSSR count). The summed E-state index contributed by atoms with van der Waals surface area (Å²) in [5.41, 5.74) is -1.57. The minimum atomic E-state index is -4.84. The van der Waals surface area contributed by atoms with Crippen molar-refractivity contribution >= 4 is 20.0 Å². The number of hydrogen-bond acceptors (Lipinski definition) is 6. The van der Waals surface area contributed by atoms with Gasteiger partial charge in [-0.15, -0.1) is 0 Å². The van der Waals surface area contributed by atoms with E-state index in [1.165, 1.54) is 38.1 Å². The van der Waals surface area contributed by atoms with Gasteiger partial charge in [-0.1, -0.05) is 24.3 Å². The standard InChI is InChI=1S/C21H20F2N2O6S2/c1-10-12(6-4-8-14(10)22)16-18(26)20(32(24,27)28)17(13-7-5-9-15(23)11(13)2)21(19(16)31-3)33(25,29)30/h4-9,26H,1-3H3,(H2,24,27,28)(H2,25,29,30).